The molecule has 7 heteroatoms. The number of hydrogen-bond acceptors (Lipinski definition) is 6. The molecule has 7 nitrogen and oxygen atoms in total. The van der Waals surface area contributed by atoms with Crippen molar-refractivity contribution in [1.29, 1.82) is 0 Å². The van der Waals surface area contributed by atoms with Gasteiger partial charge in [-0.05, 0) is 44.5 Å². The monoisotopic (exact) mass is 373 g/mol. The first kappa shape index (κ1) is 17.8. The minimum Gasteiger partial charge on any atom is -0.340 e. The van der Waals surface area contributed by atoms with Crippen molar-refractivity contribution in [2.45, 2.75) is 26.8 Å². The number of benzene rings is 1. The fourth-order valence-electron chi connectivity index (χ4n) is 3.05. The van der Waals surface area contributed by atoms with Gasteiger partial charge in [0.25, 0.3) is 5.91 Å². The van der Waals surface area contributed by atoms with E-state index in [2.05, 4.69) is 25.4 Å². The highest BCUT2D eigenvalue weighted by Crippen LogP contribution is 2.23. The Balaban J connectivity index is 1.60. The van der Waals surface area contributed by atoms with Crippen molar-refractivity contribution in [2.75, 3.05) is 0 Å². The van der Waals surface area contributed by atoms with Crippen molar-refractivity contribution in [3.05, 3.63) is 71.4 Å². The molecule has 1 unspecified atom stereocenters. The van der Waals surface area contributed by atoms with Crippen molar-refractivity contribution in [3.8, 4) is 11.5 Å². The Morgan fingerprint density at radius 2 is 1.96 bits per heavy atom. The molecule has 1 amide bonds. The van der Waals surface area contributed by atoms with E-state index in [0.717, 1.165) is 22.2 Å². The zero-order chi connectivity index (χ0) is 19.7. The highest BCUT2D eigenvalue weighted by atomic mass is 16.5. The second kappa shape index (κ2) is 7.19. The molecule has 3 heterocycles. The van der Waals surface area contributed by atoms with Gasteiger partial charge in [0.2, 0.25) is 11.7 Å². The van der Waals surface area contributed by atoms with Gasteiger partial charge < -0.3 is 9.84 Å². The molecule has 4 aromatic rings. The first-order chi connectivity index (χ1) is 13.5. The van der Waals surface area contributed by atoms with E-state index >= 15 is 0 Å². The molecule has 140 valence electrons. The van der Waals surface area contributed by atoms with Crippen molar-refractivity contribution in [3.63, 3.8) is 0 Å². The van der Waals surface area contributed by atoms with Gasteiger partial charge in [0.15, 0.2) is 0 Å². The normalized spacial score (nSPS) is 12.1. The van der Waals surface area contributed by atoms with Gasteiger partial charge in [-0.1, -0.05) is 29.4 Å². The topological polar surface area (TPSA) is 93.8 Å². The lowest BCUT2D eigenvalue weighted by molar-refractivity contribution is 0.0934. The molecule has 0 fully saturated rings. The lowest BCUT2D eigenvalue weighted by atomic mass is 10.0. The molecule has 0 spiro atoms. The Morgan fingerprint density at radius 3 is 2.75 bits per heavy atom. The fraction of sp³-hybridized carbons (Fsp3) is 0.190. The summed E-state index contributed by atoms with van der Waals surface area (Å²) in [5.74, 6) is 0.490. The number of amides is 1. The van der Waals surface area contributed by atoms with E-state index in [1.807, 2.05) is 44.2 Å². The van der Waals surface area contributed by atoms with Gasteiger partial charge in [0, 0.05) is 17.3 Å². The first-order valence-electron chi connectivity index (χ1n) is 8.96. The summed E-state index contributed by atoms with van der Waals surface area (Å²) >= 11 is 0. The van der Waals surface area contributed by atoms with E-state index in [1.165, 1.54) is 0 Å². The number of hydrogen-bond donors (Lipinski definition) is 1. The van der Waals surface area contributed by atoms with Crippen LogP contribution >= 0.6 is 0 Å². The third-order valence-electron chi connectivity index (χ3n) is 4.47. The molecule has 1 N–H and O–H groups in total. The van der Waals surface area contributed by atoms with Crippen molar-refractivity contribution in [1.82, 2.24) is 25.4 Å². The predicted molar refractivity (Wildman–Crippen MR) is 105 cm³/mol. The maximum atomic E-state index is 12.9. The number of para-hydroxylation sites is 1. The number of rotatable bonds is 4. The van der Waals surface area contributed by atoms with Gasteiger partial charge in [-0.2, -0.15) is 4.98 Å². The third-order valence-corrected chi connectivity index (χ3v) is 4.47. The number of carbonyl (C=O) groups is 1. The quantitative estimate of drug-likeness (QED) is 0.585. The van der Waals surface area contributed by atoms with Crippen LogP contribution in [-0.2, 0) is 0 Å². The summed E-state index contributed by atoms with van der Waals surface area (Å²) in [5.41, 5.74) is 3.83. The van der Waals surface area contributed by atoms with E-state index in [0.29, 0.717) is 23.0 Å². The zero-order valence-corrected chi connectivity index (χ0v) is 15.8. The summed E-state index contributed by atoms with van der Waals surface area (Å²) in [7, 11) is 0. The number of carbonyl (C=O) groups excluding carboxylic acids is 1. The highest BCUT2D eigenvalue weighted by Gasteiger charge is 2.20. The lowest BCUT2D eigenvalue weighted by Crippen LogP contribution is -2.27. The molecular weight excluding hydrogens is 354 g/mol. The van der Waals surface area contributed by atoms with E-state index in [4.69, 9.17) is 4.52 Å². The van der Waals surface area contributed by atoms with Crippen LogP contribution in [-0.4, -0.2) is 26.0 Å². The van der Waals surface area contributed by atoms with Crippen LogP contribution in [0.2, 0.25) is 0 Å². The maximum Gasteiger partial charge on any atom is 0.252 e. The van der Waals surface area contributed by atoms with Crippen LogP contribution in [0.15, 0.2) is 53.2 Å². The van der Waals surface area contributed by atoms with E-state index in [-0.39, 0.29) is 5.91 Å². The third kappa shape index (κ3) is 3.34. The maximum absolute atomic E-state index is 12.9. The molecule has 0 radical (unpaired) electrons. The van der Waals surface area contributed by atoms with E-state index in [9.17, 15) is 4.79 Å². The second-order valence-electron chi connectivity index (χ2n) is 6.65. The molecule has 1 aromatic carbocycles. The largest absolute Gasteiger partial charge is 0.340 e. The summed E-state index contributed by atoms with van der Waals surface area (Å²) < 4.78 is 5.32. The number of nitrogens with zero attached hydrogens (tertiary/aromatic N) is 4. The molecule has 0 saturated heterocycles. The van der Waals surface area contributed by atoms with Gasteiger partial charge in [0.1, 0.15) is 11.7 Å². The van der Waals surface area contributed by atoms with E-state index < -0.39 is 6.04 Å². The number of fused-ring (bicyclic) bond motifs is 1. The minimum absolute atomic E-state index is 0.216. The molecule has 0 aliphatic rings. The van der Waals surface area contributed by atoms with Gasteiger partial charge in [0.05, 0.1) is 11.1 Å². The molecule has 0 saturated carbocycles. The van der Waals surface area contributed by atoms with Crippen LogP contribution in [0.1, 0.15) is 40.5 Å². The summed E-state index contributed by atoms with van der Waals surface area (Å²) in [4.78, 5) is 26.1. The van der Waals surface area contributed by atoms with Crippen LogP contribution in [0.25, 0.3) is 22.4 Å². The highest BCUT2D eigenvalue weighted by molar-refractivity contribution is 6.06. The second-order valence-corrected chi connectivity index (χ2v) is 6.65. The molecular formula is C21H19N5O2. The Kier molecular flexibility index (Phi) is 4.57. The van der Waals surface area contributed by atoms with E-state index in [1.54, 1.807) is 25.3 Å². The molecule has 3 aromatic heterocycles. The smallest absolute Gasteiger partial charge is 0.252 e. The fourth-order valence-corrected chi connectivity index (χ4v) is 3.05. The number of aromatic nitrogens is 4. The average molecular weight is 373 g/mol. The van der Waals surface area contributed by atoms with Crippen molar-refractivity contribution >= 4 is 16.8 Å². The van der Waals surface area contributed by atoms with Crippen LogP contribution in [0.4, 0.5) is 0 Å². The predicted octanol–water partition coefficient (Wildman–Crippen LogP) is 3.79. The van der Waals surface area contributed by atoms with Crippen LogP contribution in [0.5, 0.6) is 0 Å². The standard InChI is InChI=1S/C21H19N5O2/c1-12-7-6-8-15-16(11-13(2)23-18(12)15)20(27)24-14(3)21-25-19(26-28-21)17-9-4-5-10-22-17/h4-11,14H,1-3H3,(H,24,27). The van der Waals surface area contributed by atoms with Gasteiger partial charge in [-0.3, -0.25) is 14.8 Å². The van der Waals surface area contributed by atoms with Crippen LogP contribution in [0, 0.1) is 13.8 Å². The lowest BCUT2D eigenvalue weighted by Gasteiger charge is -2.13. The minimum atomic E-state index is -0.453. The van der Waals surface area contributed by atoms with Gasteiger partial charge in [-0.15, -0.1) is 0 Å². The zero-order valence-electron chi connectivity index (χ0n) is 15.8. The molecule has 1 atom stereocenters. The summed E-state index contributed by atoms with van der Waals surface area (Å²) in [6.45, 7) is 5.66. The summed E-state index contributed by atoms with van der Waals surface area (Å²) in [6, 6.07) is 12.6. The SMILES string of the molecule is Cc1cc(C(=O)NC(C)c2nc(-c3ccccn3)no2)c2cccc(C)c2n1. The number of pyridine rings is 2. The van der Waals surface area contributed by atoms with Gasteiger partial charge >= 0.3 is 0 Å². The molecule has 0 aliphatic heterocycles. The number of nitrogens with one attached hydrogen (secondary N) is 1. The average Bonchev–Trinajstić information content (AvgIpc) is 3.19. The Labute approximate surface area is 161 Å². The first-order valence-corrected chi connectivity index (χ1v) is 8.96. The molecule has 4 rings (SSSR count). The molecule has 0 bridgehead atoms. The molecule has 28 heavy (non-hydrogen) atoms. The van der Waals surface area contributed by atoms with Gasteiger partial charge in [-0.25, -0.2) is 0 Å². The summed E-state index contributed by atoms with van der Waals surface area (Å²) in [5, 5.41) is 7.70. The molecule has 0 aliphatic carbocycles. The Morgan fingerprint density at radius 1 is 1.11 bits per heavy atom. The van der Waals surface area contributed by atoms with Crippen LogP contribution in [0.3, 0.4) is 0 Å². The number of aryl methyl sites for hydroxylation is 2. The van der Waals surface area contributed by atoms with Crippen molar-refractivity contribution in [2.24, 2.45) is 0 Å². The Bertz CT molecular complexity index is 1150. The van der Waals surface area contributed by atoms with Crippen molar-refractivity contribution < 1.29 is 9.32 Å². The summed E-state index contributed by atoms with van der Waals surface area (Å²) in [6.07, 6.45) is 1.66. The Hall–Kier alpha value is -3.61. The van der Waals surface area contributed by atoms with Crippen LogP contribution < -0.4 is 5.32 Å².